The van der Waals surface area contributed by atoms with Gasteiger partial charge in [0.25, 0.3) is 0 Å². The molecule has 38 heavy (non-hydrogen) atoms. The van der Waals surface area contributed by atoms with Crippen LogP contribution in [0, 0.1) is 11.3 Å². The third kappa shape index (κ3) is 5.06. The zero-order chi connectivity index (χ0) is 26.5. The number of benzene rings is 3. The Labute approximate surface area is 221 Å². The molecule has 194 valence electrons. The van der Waals surface area contributed by atoms with Gasteiger partial charge in [-0.2, -0.15) is 10.4 Å². The Morgan fingerprint density at radius 2 is 2.05 bits per heavy atom. The Morgan fingerprint density at radius 1 is 1.18 bits per heavy atom. The van der Waals surface area contributed by atoms with Crippen LogP contribution in [0.1, 0.15) is 36.2 Å². The summed E-state index contributed by atoms with van der Waals surface area (Å²) in [6, 6.07) is 21.5. The van der Waals surface area contributed by atoms with Gasteiger partial charge in [-0.3, -0.25) is 9.48 Å². The Kier molecular flexibility index (Phi) is 7.57. The molecule has 0 bridgehead atoms. The zero-order valence-electron chi connectivity index (χ0n) is 21.5. The molecule has 2 heterocycles. The number of fused-ring (bicyclic) bond motifs is 1. The Morgan fingerprint density at radius 3 is 2.82 bits per heavy atom. The number of carbonyl (C=O) groups is 1. The largest absolute Gasteiger partial charge is 0.495 e. The first kappa shape index (κ1) is 25.3. The van der Waals surface area contributed by atoms with Crippen molar-refractivity contribution >= 4 is 16.9 Å². The highest BCUT2D eigenvalue weighted by atomic mass is 16.5. The molecule has 0 amide bonds. The third-order valence-electron chi connectivity index (χ3n) is 6.66. The van der Waals surface area contributed by atoms with Gasteiger partial charge in [0.1, 0.15) is 29.9 Å². The minimum atomic E-state index is -0.294. The van der Waals surface area contributed by atoms with Crippen LogP contribution >= 0.6 is 0 Å². The molecule has 0 radical (unpaired) electrons. The fourth-order valence-electron chi connectivity index (χ4n) is 4.85. The van der Waals surface area contributed by atoms with Crippen LogP contribution in [-0.2, 0) is 27.3 Å². The number of nitrogens with zero attached hydrogens (tertiary/aromatic N) is 3. The van der Waals surface area contributed by atoms with E-state index >= 15 is 0 Å². The van der Waals surface area contributed by atoms with Gasteiger partial charge >= 0.3 is 5.97 Å². The molecule has 3 aromatic carbocycles. The van der Waals surface area contributed by atoms with Crippen molar-refractivity contribution in [3.8, 4) is 28.7 Å². The molecule has 5 rings (SSSR count). The van der Waals surface area contributed by atoms with E-state index in [1.54, 1.807) is 20.1 Å². The summed E-state index contributed by atoms with van der Waals surface area (Å²) in [4.78, 5) is 12.1. The van der Waals surface area contributed by atoms with Crippen molar-refractivity contribution in [3.05, 3.63) is 77.5 Å². The second-order valence-electron chi connectivity index (χ2n) is 9.02. The lowest BCUT2D eigenvalue weighted by Crippen LogP contribution is -2.11. The lowest BCUT2D eigenvalue weighted by molar-refractivity contribution is -0.142. The number of carbonyl (C=O) groups excluding carboxylic acids is 1. The van der Waals surface area contributed by atoms with Crippen molar-refractivity contribution in [1.82, 2.24) is 9.78 Å². The quantitative estimate of drug-likeness (QED) is 0.284. The first-order chi connectivity index (χ1) is 18.6. The summed E-state index contributed by atoms with van der Waals surface area (Å²) < 4.78 is 24.6. The summed E-state index contributed by atoms with van der Waals surface area (Å²) in [5, 5.41) is 15.4. The van der Waals surface area contributed by atoms with E-state index in [0.717, 1.165) is 39.7 Å². The van der Waals surface area contributed by atoms with E-state index < -0.39 is 0 Å². The SMILES string of the molecule is CCOC(=O)Cc1ccccc1OCc1nn(C2CCOC2)c2ccc(-c3cccc(C#N)c3OC)cc12. The number of para-hydroxylation sites is 2. The summed E-state index contributed by atoms with van der Waals surface area (Å²) >= 11 is 0. The van der Waals surface area contributed by atoms with Crippen molar-refractivity contribution in [2.75, 3.05) is 26.9 Å². The van der Waals surface area contributed by atoms with Gasteiger partial charge in [-0.05, 0) is 43.2 Å². The van der Waals surface area contributed by atoms with Gasteiger partial charge in [0, 0.05) is 23.1 Å². The monoisotopic (exact) mass is 511 g/mol. The van der Waals surface area contributed by atoms with Crippen molar-refractivity contribution in [1.29, 1.82) is 5.26 Å². The molecule has 0 saturated carbocycles. The van der Waals surface area contributed by atoms with Crippen molar-refractivity contribution in [3.63, 3.8) is 0 Å². The fourth-order valence-corrected chi connectivity index (χ4v) is 4.85. The minimum absolute atomic E-state index is 0.137. The number of hydrogen-bond donors (Lipinski definition) is 0. The average molecular weight is 512 g/mol. The first-order valence-corrected chi connectivity index (χ1v) is 12.7. The number of methoxy groups -OCH3 is 1. The third-order valence-corrected chi connectivity index (χ3v) is 6.66. The highest BCUT2D eigenvalue weighted by Gasteiger charge is 2.23. The van der Waals surface area contributed by atoms with Gasteiger partial charge in [-0.15, -0.1) is 0 Å². The highest BCUT2D eigenvalue weighted by Crippen LogP contribution is 2.36. The Balaban J connectivity index is 1.53. The smallest absolute Gasteiger partial charge is 0.310 e. The van der Waals surface area contributed by atoms with E-state index in [1.807, 2.05) is 53.2 Å². The molecule has 1 atom stereocenters. The van der Waals surface area contributed by atoms with Gasteiger partial charge in [0.2, 0.25) is 0 Å². The number of aromatic nitrogens is 2. The summed E-state index contributed by atoms with van der Waals surface area (Å²) in [6.45, 7) is 3.66. The van der Waals surface area contributed by atoms with E-state index in [2.05, 4.69) is 12.1 Å². The van der Waals surface area contributed by atoms with Crippen molar-refractivity contribution in [2.24, 2.45) is 0 Å². The summed E-state index contributed by atoms with van der Waals surface area (Å²) in [5.74, 6) is 0.862. The molecule has 0 aliphatic carbocycles. The van der Waals surface area contributed by atoms with Crippen LogP contribution in [-0.4, -0.2) is 42.7 Å². The topological polar surface area (TPSA) is 95.6 Å². The van der Waals surface area contributed by atoms with Crippen LogP contribution in [0.4, 0.5) is 0 Å². The molecule has 1 aliphatic rings. The van der Waals surface area contributed by atoms with Gasteiger partial charge in [0.15, 0.2) is 0 Å². The molecular weight excluding hydrogens is 482 g/mol. The molecule has 8 nitrogen and oxygen atoms in total. The van der Waals surface area contributed by atoms with E-state index in [9.17, 15) is 10.1 Å². The number of nitriles is 1. The number of esters is 1. The minimum Gasteiger partial charge on any atom is -0.495 e. The fraction of sp³-hybridized carbons (Fsp3) is 0.300. The standard InChI is InChI=1S/C30H29N3O5/c1-3-37-29(34)16-21-7-4-5-10-28(21)38-19-26-25-15-20(24-9-6-8-22(17-31)30(24)35-2)11-12-27(25)33(32-26)23-13-14-36-18-23/h4-12,15,23H,3,13-14,16,18-19H2,1-2H3. The summed E-state index contributed by atoms with van der Waals surface area (Å²) in [7, 11) is 1.57. The normalized spacial score (nSPS) is 14.8. The van der Waals surface area contributed by atoms with Gasteiger partial charge in [-0.1, -0.05) is 36.4 Å². The molecule has 4 aromatic rings. The summed E-state index contributed by atoms with van der Waals surface area (Å²) in [6.07, 6.45) is 1.02. The van der Waals surface area contributed by atoms with Crippen LogP contribution < -0.4 is 9.47 Å². The molecule has 1 aliphatic heterocycles. The Bertz CT molecular complexity index is 1500. The van der Waals surface area contributed by atoms with Crippen molar-refractivity contribution in [2.45, 2.75) is 32.4 Å². The van der Waals surface area contributed by atoms with Crippen LogP contribution in [0.5, 0.6) is 11.5 Å². The lowest BCUT2D eigenvalue weighted by atomic mass is 9.99. The highest BCUT2D eigenvalue weighted by molar-refractivity contribution is 5.89. The summed E-state index contributed by atoms with van der Waals surface area (Å²) in [5.41, 5.74) is 4.74. The number of rotatable bonds is 9. The molecule has 1 aromatic heterocycles. The molecule has 0 N–H and O–H groups in total. The average Bonchev–Trinajstić information content (AvgIpc) is 3.60. The maximum absolute atomic E-state index is 12.1. The van der Waals surface area contributed by atoms with E-state index in [4.69, 9.17) is 24.0 Å². The molecule has 8 heteroatoms. The van der Waals surface area contributed by atoms with E-state index in [0.29, 0.717) is 36.9 Å². The van der Waals surface area contributed by atoms with E-state index in [-0.39, 0.29) is 25.0 Å². The molecule has 1 saturated heterocycles. The molecule has 1 fully saturated rings. The van der Waals surface area contributed by atoms with Crippen LogP contribution in [0.3, 0.4) is 0 Å². The predicted octanol–water partition coefficient (Wildman–Crippen LogP) is 5.23. The predicted molar refractivity (Wildman–Crippen MR) is 142 cm³/mol. The number of hydrogen-bond acceptors (Lipinski definition) is 7. The van der Waals surface area contributed by atoms with Crippen LogP contribution in [0.2, 0.25) is 0 Å². The lowest BCUT2D eigenvalue weighted by Gasteiger charge is -2.12. The van der Waals surface area contributed by atoms with Gasteiger partial charge < -0.3 is 18.9 Å². The second-order valence-corrected chi connectivity index (χ2v) is 9.02. The van der Waals surface area contributed by atoms with E-state index in [1.165, 1.54) is 0 Å². The molecule has 0 spiro atoms. The zero-order valence-corrected chi connectivity index (χ0v) is 21.5. The molecule has 1 unspecified atom stereocenters. The van der Waals surface area contributed by atoms with Crippen LogP contribution in [0.25, 0.3) is 22.0 Å². The van der Waals surface area contributed by atoms with Gasteiger partial charge in [0.05, 0.1) is 43.9 Å². The maximum atomic E-state index is 12.1. The first-order valence-electron chi connectivity index (χ1n) is 12.7. The maximum Gasteiger partial charge on any atom is 0.310 e. The van der Waals surface area contributed by atoms with Crippen molar-refractivity contribution < 1.29 is 23.7 Å². The van der Waals surface area contributed by atoms with Crippen LogP contribution in [0.15, 0.2) is 60.7 Å². The van der Waals surface area contributed by atoms with Gasteiger partial charge in [-0.25, -0.2) is 0 Å². The number of ether oxygens (including phenoxy) is 4. The molecular formula is C30H29N3O5. The Hall–Kier alpha value is -4.35. The second kappa shape index (κ2) is 11.4.